The zero-order chi connectivity index (χ0) is 17.1. The second-order valence-electron chi connectivity index (χ2n) is 5.95. The van der Waals surface area contributed by atoms with E-state index in [0.717, 1.165) is 34.4 Å². The second kappa shape index (κ2) is 6.79. The minimum atomic E-state index is 0.181. The molecule has 3 aromatic rings. The first kappa shape index (κ1) is 16.1. The third-order valence-electron chi connectivity index (χ3n) is 4.48. The predicted octanol–water partition coefficient (Wildman–Crippen LogP) is 4.97. The molecular formula is C20H22N2O2. The van der Waals surface area contributed by atoms with Gasteiger partial charge in [0.2, 0.25) is 0 Å². The molecule has 1 unspecified atom stereocenters. The maximum absolute atomic E-state index is 10.5. The summed E-state index contributed by atoms with van der Waals surface area (Å²) in [4.78, 5) is 0. The van der Waals surface area contributed by atoms with Crippen molar-refractivity contribution in [2.24, 2.45) is 0 Å². The molecule has 0 amide bonds. The monoisotopic (exact) mass is 322 g/mol. The van der Waals surface area contributed by atoms with Crippen LogP contribution in [0.15, 0.2) is 48.7 Å². The van der Waals surface area contributed by atoms with Crippen molar-refractivity contribution in [1.29, 1.82) is 0 Å². The van der Waals surface area contributed by atoms with Gasteiger partial charge in [0.15, 0.2) is 0 Å². The smallest absolute Gasteiger partial charge is 0.128 e. The lowest BCUT2D eigenvalue weighted by molar-refractivity contribution is 0.399. The van der Waals surface area contributed by atoms with Crippen molar-refractivity contribution in [2.45, 2.75) is 26.2 Å². The highest BCUT2D eigenvalue weighted by Gasteiger charge is 2.19. The average molecular weight is 322 g/mol. The Kier molecular flexibility index (Phi) is 4.56. The van der Waals surface area contributed by atoms with Gasteiger partial charge in [0.25, 0.3) is 0 Å². The standard InChI is InChI=1S/C20H22N2O2/c1-4-13(2)15-10-16(18(23)11-19(15)24-3)20-17(12-21-22-20)14-8-6-5-7-9-14/h5-13,23H,4H2,1-3H3,(H,21,22). The highest BCUT2D eigenvalue weighted by atomic mass is 16.5. The Balaban J connectivity index is 2.16. The first-order chi connectivity index (χ1) is 11.7. The maximum Gasteiger partial charge on any atom is 0.128 e. The first-order valence-electron chi connectivity index (χ1n) is 8.15. The normalized spacial score (nSPS) is 12.1. The summed E-state index contributed by atoms with van der Waals surface area (Å²) >= 11 is 0. The summed E-state index contributed by atoms with van der Waals surface area (Å²) in [6, 6.07) is 13.7. The van der Waals surface area contributed by atoms with Gasteiger partial charge in [-0.15, -0.1) is 0 Å². The van der Waals surface area contributed by atoms with Crippen LogP contribution in [0, 0.1) is 0 Å². The number of phenolic OH excluding ortho intramolecular Hbond substituents is 1. The van der Waals surface area contributed by atoms with Crippen molar-refractivity contribution >= 4 is 0 Å². The van der Waals surface area contributed by atoms with E-state index < -0.39 is 0 Å². The molecule has 2 N–H and O–H groups in total. The number of methoxy groups -OCH3 is 1. The molecule has 0 fully saturated rings. The Morgan fingerprint density at radius 1 is 1.17 bits per heavy atom. The molecule has 1 heterocycles. The minimum absolute atomic E-state index is 0.181. The molecule has 0 bridgehead atoms. The maximum atomic E-state index is 10.5. The highest BCUT2D eigenvalue weighted by Crippen LogP contribution is 2.41. The van der Waals surface area contributed by atoms with Crippen molar-refractivity contribution in [3.8, 4) is 33.9 Å². The number of phenols is 1. The van der Waals surface area contributed by atoms with Crippen LogP contribution in [0.5, 0.6) is 11.5 Å². The van der Waals surface area contributed by atoms with E-state index >= 15 is 0 Å². The van der Waals surface area contributed by atoms with Crippen LogP contribution in [0.2, 0.25) is 0 Å². The number of hydrogen-bond acceptors (Lipinski definition) is 3. The quantitative estimate of drug-likeness (QED) is 0.697. The van der Waals surface area contributed by atoms with Gasteiger partial charge in [-0.3, -0.25) is 5.10 Å². The SMILES string of the molecule is CCC(C)c1cc(-c2[nH]ncc2-c2ccccc2)c(O)cc1OC. The molecule has 0 radical (unpaired) electrons. The summed E-state index contributed by atoms with van der Waals surface area (Å²) in [6.07, 6.45) is 2.78. The van der Waals surface area contributed by atoms with E-state index in [4.69, 9.17) is 4.74 Å². The molecule has 4 heteroatoms. The summed E-state index contributed by atoms with van der Waals surface area (Å²) in [5, 5.41) is 17.7. The van der Waals surface area contributed by atoms with Crippen molar-refractivity contribution in [2.75, 3.05) is 7.11 Å². The molecule has 0 aliphatic heterocycles. The van der Waals surface area contributed by atoms with Gasteiger partial charge in [-0.25, -0.2) is 0 Å². The zero-order valence-corrected chi connectivity index (χ0v) is 14.2. The van der Waals surface area contributed by atoms with E-state index in [1.54, 1.807) is 19.4 Å². The van der Waals surface area contributed by atoms with Crippen molar-refractivity contribution in [1.82, 2.24) is 10.2 Å². The Bertz CT molecular complexity index is 825. The number of aromatic nitrogens is 2. The Morgan fingerprint density at radius 3 is 2.58 bits per heavy atom. The fourth-order valence-corrected chi connectivity index (χ4v) is 2.90. The predicted molar refractivity (Wildman–Crippen MR) is 96.4 cm³/mol. The van der Waals surface area contributed by atoms with Gasteiger partial charge in [0.05, 0.1) is 19.0 Å². The molecule has 1 aromatic heterocycles. The third kappa shape index (κ3) is 2.87. The van der Waals surface area contributed by atoms with E-state index in [9.17, 15) is 5.11 Å². The number of nitrogens with one attached hydrogen (secondary N) is 1. The molecule has 124 valence electrons. The fourth-order valence-electron chi connectivity index (χ4n) is 2.90. The topological polar surface area (TPSA) is 58.1 Å². The lowest BCUT2D eigenvalue weighted by Crippen LogP contribution is -1.98. The first-order valence-corrected chi connectivity index (χ1v) is 8.15. The number of H-pyrrole nitrogens is 1. The molecule has 2 aromatic carbocycles. The number of ether oxygens (including phenoxy) is 1. The second-order valence-corrected chi connectivity index (χ2v) is 5.95. The summed E-state index contributed by atoms with van der Waals surface area (Å²) < 4.78 is 5.45. The van der Waals surface area contributed by atoms with Gasteiger partial charge in [0, 0.05) is 17.2 Å². The van der Waals surface area contributed by atoms with Gasteiger partial charge in [0.1, 0.15) is 11.5 Å². The number of aromatic hydroxyl groups is 1. The molecule has 0 spiro atoms. The van der Waals surface area contributed by atoms with Crippen LogP contribution in [0.25, 0.3) is 22.4 Å². The molecule has 0 saturated heterocycles. The molecule has 0 aliphatic rings. The van der Waals surface area contributed by atoms with E-state index in [2.05, 4.69) is 24.0 Å². The van der Waals surface area contributed by atoms with Gasteiger partial charge >= 0.3 is 0 Å². The fraction of sp³-hybridized carbons (Fsp3) is 0.250. The summed E-state index contributed by atoms with van der Waals surface area (Å²) in [5.41, 5.74) is 4.66. The summed E-state index contributed by atoms with van der Waals surface area (Å²) in [7, 11) is 1.63. The molecule has 24 heavy (non-hydrogen) atoms. The van der Waals surface area contributed by atoms with Crippen molar-refractivity contribution in [3.63, 3.8) is 0 Å². The highest BCUT2D eigenvalue weighted by molar-refractivity contribution is 5.83. The summed E-state index contributed by atoms with van der Waals surface area (Å²) in [5.74, 6) is 1.23. The zero-order valence-electron chi connectivity index (χ0n) is 14.2. The van der Waals surface area contributed by atoms with Crippen LogP contribution in [-0.4, -0.2) is 22.4 Å². The van der Waals surface area contributed by atoms with Crippen LogP contribution < -0.4 is 4.74 Å². The number of nitrogens with zero attached hydrogens (tertiary/aromatic N) is 1. The molecule has 1 atom stereocenters. The molecule has 0 aliphatic carbocycles. The average Bonchev–Trinajstić information content (AvgIpc) is 3.11. The van der Waals surface area contributed by atoms with Gasteiger partial charge in [-0.2, -0.15) is 5.10 Å². The Labute approximate surface area is 142 Å². The lowest BCUT2D eigenvalue weighted by Gasteiger charge is -2.17. The van der Waals surface area contributed by atoms with Gasteiger partial charge in [-0.1, -0.05) is 44.2 Å². The molecule has 3 rings (SSSR count). The van der Waals surface area contributed by atoms with Gasteiger partial charge in [-0.05, 0) is 29.5 Å². The van der Waals surface area contributed by atoms with E-state index in [1.807, 2.05) is 36.4 Å². The number of aromatic amines is 1. The van der Waals surface area contributed by atoms with E-state index in [0.29, 0.717) is 11.7 Å². The van der Waals surface area contributed by atoms with Crippen LogP contribution in [0.1, 0.15) is 31.7 Å². The number of benzene rings is 2. The Hall–Kier alpha value is -2.75. The van der Waals surface area contributed by atoms with Crippen LogP contribution in [-0.2, 0) is 0 Å². The minimum Gasteiger partial charge on any atom is -0.507 e. The molecule has 0 saturated carbocycles. The number of hydrogen-bond donors (Lipinski definition) is 2. The van der Waals surface area contributed by atoms with Crippen LogP contribution >= 0.6 is 0 Å². The van der Waals surface area contributed by atoms with Crippen LogP contribution in [0.4, 0.5) is 0 Å². The Morgan fingerprint density at radius 2 is 1.92 bits per heavy atom. The number of rotatable bonds is 5. The largest absolute Gasteiger partial charge is 0.507 e. The lowest BCUT2D eigenvalue weighted by atomic mass is 9.93. The van der Waals surface area contributed by atoms with E-state index in [-0.39, 0.29) is 5.75 Å². The molecular weight excluding hydrogens is 300 g/mol. The molecule has 4 nitrogen and oxygen atoms in total. The van der Waals surface area contributed by atoms with Gasteiger partial charge < -0.3 is 9.84 Å². The van der Waals surface area contributed by atoms with Crippen LogP contribution in [0.3, 0.4) is 0 Å². The third-order valence-corrected chi connectivity index (χ3v) is 4.48. The van der Waals surface area contributed by atoms with E-state index in [1.165, 1.54) is 0 Å². The van der Waals surface area contributed by atoms with Crippen molar-refractivity contribution < 1.29 is 9.84 Å². The summed E-state index contributed by atoms with van der Waals surface area (Å²) in [6.45, 7) is 4.30. The van der Waals surface area contributed by atoms with Crippen molar-refractivity contribution in [3.05, 3.63) is 54.2 Å².